The van der Waals surface area contributed by atoms with Crippen LogP contribution in [0.3, 0.4) is 0 Å². The maximum absolute atomic E-state index is 13.1. The molecule has 1 aromatic rings. The number of rotatable bonds is 7. The van der Waals surface area contributed by atoms with E-state index in [1.807, 2.05) is 12.1 Å². The normalized spacial score (nSPS) is 20.9. The van der Waals surface area contributed by atoms with Gasteiger partial charge >= 0.3 is 5.97 Å². The number of carbonyl (C=O) groups is 2. The number of carboxylic acid groups (broad SMARTS) is 1. The fourth-order valence-electron chi connectivity index (χ4n) is 3.90. The predicted octanol–water partition coefficient (Wildman–Crippen LogP) is 3.50. The molecule has 1 fully saturated rings. The molecule has 0 saturated carbocycles. The summed E-state index contributed by atoms with van der Waals surface area (Å²) in [5, 5.41) is 9.62. The second kappa shape index (κ2) is 9.69. The third-order valence-corrected chi connectivity index (χ3v) is 9.10. The van der Waals surface area contributed by atoms with Gasteiger partial charge in [0.15, 0.2) is 11.5 Å². The fraction of sp³-hybridized carbons (Fsp3) is 0.429. The van der Waals surface area contributed by atoms with Crippen LogP contribution in [0.15, 0.2) is 28.7 Å². The number of carboxylic acids is 1. The van der Waals surface area contributed by atoms with E-state index in [2.05, 4.69) is 15.9 Å². The van der Waals surface area contributed by atoms with Gasteiger partial charge in [0.25, 0.3) is 16.0 Å². The summed E-state index contributed by atoms with van der Waals surface area (Å²) in [5.74, 6) is -1.55. The van der Waals surface area contributed by atoms with Gasteiger partial charge in [0.1, 0.15) is 6.04 Å². The summed E-state index contributed by atoms with van der Waals surface area (Å²) >= 11 is 4.20. The summed E-state index contributed by atoms with van der Waals surface area (Å²) in [6.45, 7) is 3.14. The Morgan fingerprint density at radius 3 is 2.36 bits per heavy atom. The molecule has 1 heterocycles. The number of ether oxygens (including phenoxy) is 2. The molecule has 33 heavy (non-hydrogen) atoms. The topological polar surface area (TPSA) is 130 Å². The van der Waals surface area contributed by atoms with E-state index in [1.165, 1.54) is 7.11 Å². The number of hydrogen-bond donors (Lipinski definition) is 2. The number of hydrogen-bond acceptors (Lipinski definition) is 7. The van der Waals surface area contributed by atoms with Crippen LogP contribution in [0.25, 0.3) is 4.48 Å². The van der Waals surface area contributed by atoms with Gasteiger partial charge in [0.2, 0.25) is 4.71 Å². The third kappa shape index (κ3) is 4.93. The summed E-state index contributed by atoms with van der Waals surface area (Å²) < 4.78 is 43.4. The fourth-order valence-corrected chi connectivity index (χ4v) is 6.87. The average molecular weight is 562 g/mol. The van der Waals surface area contributed by atoms with Gasteiger partial charge in [-0.25, -0.2) is 4.79 Å². The lowest BCUT2D eigenvalue weighted by atomic mass is 9.91. The van der Waals surface area contributed by atoms with Crippen molar-refractivity contribution in [2.45, 2.75) is 37.4 Å². The molecule has 180 valence electrons. The zero-order valence-electron chi connectivity index (χ0n) is 18.4. The summed E-state index contributed by atoms with van der Waals surface area (Å²) in [5.41, 5.74) is 2.59. The molecule has 0 spiro atoms. The highest BCUT2D eigenvalue weighted by molar-refractivity contribution is 9.15. The van der Waals surface area contributed by atoms with Crippen molar-refractivity contribution in [1.29, 1.82) is 0 Å². The number of thioether (sulfide) groups is 1. The molecule has 2 unspecified atom stereocenters. The average Bonchev–Trinajstić information content (AvgIpc) is 3.05. The molecule has 12 heteroatoms. The van der Waals surface area contributed by atoms with Gasteiger partial charge in [0.05, 0.1) is 19.1 Å². The van der Waals surface area contributed by atoms with Gasteiger partial charge < -0.3 is 14.6 Å². The van der Waals surface area contributed by atoms with Gasteiger partial charge in [-0.1, -0.05) is 25.6 Å². The number of nitrogens with zero attached hydrogens (tertiary/aromatic N) is 1. The molecule has 1 aromatic carbocycles. The number of amides is 1. The molecule has 1 saturated heterocycles. The molecule has 2 N–H and O–H groups in total. The van der Waals surface area contributed by atoms with Crippen molar-refractivity contribution >= 4 is 54.2 Å². The molecule has 2 aliphatic rings. The van der Waals surface area contributed by atoms with E-state index in [0.29, 0.717) is 40.6 Å². The minimum absolute atomic E-state index is 0.0420. The first-order valence-corrected chi connectivity index (χ1v) is 13.1. The minimum atomic E-state index is -4.74. The lowest BCUT2D eigenvalue weighted by Crippen LogP contribution is -2.51. The van der Waals surface area contributed by atoms with Gasteiger partial charge in [-0.2, -0.15) is 8.42 Å². The molecule has 3 rings (SSSR count). The van der Waals surface area contributed by atoms with Crippen LogP contribution in [0.1, 0.15) is 31.4 Å². The van der Waals surface area contributed by atoms with Gasteiger partial charge in [-0.05, 0) is 69.6 Å². The molecule has 0 aromatic heterocycles. The van der Waals surface area contributed by atoms with E-state index in [0.717, 1.165) is 21.6 Å². The maximum Gasteiger partial charge on any atom is 0.326 e. The monoisotopic (exact) mass is 561 g/mol. The number of aryl methyl sites for hydroxylation is 1. The Morgan fingerprint density at radius 1 is 1.24 bits per heavy atom. The molecule has 9 nitrogen and oxygen atoms in total. The Hall–Kier alpha value is -2.02. The van der Waals surface area contributed by atoms with Gasteiger partial charge in [-0.15, -0.1) is 0 Å². The highest BCUT2D eigenvalue weighted by Gasteiger charge is 2.50. The zero-order chi connectivity index (χ0) is 24.7. The molecule has 2 atom stereocenters. The third-order valence-electron chi connectivity index (χ3n) is 5.44. The summed E-state index contributed by atoms with van der Waals surface area (Å²) in [4.78, 5) is 25.7. The Balaban J connectivity index is 2.08. The molecular formula is C21H24BrNO8S2. The van der Waals surface area contributed by atoms with Crippen LogP contribution in [-0.2, 0) is 26.1 Å². The number of fused-ring (bicyclic) bond motifs is 1. The Bertz CT molecular complexity index is 1160. The molecule has 0 radical (unpaired) electrons. The zero-order valence-corrected chi connectivity index (χ0v) is 21.6. The van der Waals surface area contributed by atoms with Crippen LogP contribution >= 0.6 is 27.7 Å². The second-order valence-corrected chi connectivity index (χ2v) is 11.6. The summed E-state index contributed by atoms with van der Waals surface area (Å²) in [6.07, 6.45) is 2.73. The van der Waals surface area contributed by atoms with E-state index in [4.69, 9.17) is 9.47 Å². The molecule has 1 amide bonds. The standard InChI is InChI=1S/C21H24BrNO8S2/c1-10(2)18(20(25)26)23-19(24)16(32-21(23)33(27,28)29)8-12-6-5-11-7-14(30-3)15(31-4)9-13(11)17(12)22/h7-10,18,21H,5-6H2,1-4H3,(H,25,26)(H,27,28,29). The molecular weight excluding hydrogens is 538 g/mol. The van der Waals surface area contributed by atoms with Crippen LogP contribution in [-0.4, -0.2) is 59.8 Å². The van der Waals surface area contributed by atoms with E-state index < -0.39 is 38.7 Å². The smallest absolute Gasteiger partial charge is 0.326 e. The lowest BCUT2D eigenvalue weighted by molar-refractivity contribution is -0.149. The number of allylic oxidation sites excluding steroid dienone is 2. The first-order chi connectivity index (χ1) is 15.4. The van der Waals surface area contributed by atoms with Crippen molar-refractivity contribution in [1.82, 2.24) is 4.90 Å². The van der Waals surface area contributed by atoms with E-state index in [9.17, 15) is 27.7 Å². The first kappa shape index (κ1) is 25.6. The summed E-state index contributed by atoms with van der Waals surface area (Å²) in [7, 11) is -1.67. The van der Waals surface area contributed by atoms with Gasteiger partial charge in [-0.3, -0.25) is 14.2 Å². The van der Waals surface area contributed by atoms with Crippen LogP contribution in [0.5, 0.6) is 11.5 Å². The summed E-state index contributed by atoms with van der Waals surface area (Å²) in [6, 6.07) is 2.28. The molecule has 0 bridgehead atoms. The van der Waals surface area contributed by atoms with Crippen molar-refractivity contribution in [2.75, 3.05) is 14.2 Å². The highest BCUT2D eigenvalue weighted by atomic mass is 79.9. The highest BCUT2D eigenvalue weighted by Crippen LogP contribution is 2.45. The number of methoxy groups -OCH3 is 2. The van der Waals surface area contributed by atoms with Gasteiger partial charge in [0, 0.05) is 4.48 Å². The second-order valence-electron chi connectivity index (χ2n) is 7.89. The first-order valence-electron chi connectivity index (χ1n) is 9.94. The van der Waals surface area contributed by atoms with Crippen LogP contribution in [0.4, 0.5) is 0 Å². The SMILES string of the molecule is COc1cc2c(cc1OC)C(Br)=C(C=C1SC(S(=O)(=O)O)N(C(C(=O)O)C(C)C)C1=O)CC2. The predicted molar refractivity (Wildman–Crippen MR) is 128 cm³/mol. The van der Waals surface area contributed by atoms with E-state index >= 15 is 0 Å². The van der Waals surface area contributed by atoms with Crippen LogP contribution in [0, 0.1) is 5.92 Å². The minimum Gasteiger partial charge on any atom is -0.493 e. The number of halogens is 1. The van der Waals surface area contributed by atoms with Crippen LogP contribution in [0.2, 0.25) is 0 Å². The van der Waals surface area contributed by atoms with Crippen molar-refractivity contribution < 1.29 is 37.1 Å². The lowest BCUT2D eigenvalue weighted by Gasteiger charge is -2.30. The van der Waals surface area contributed by atoms with Crippen molar-refractivity contribution in [3.8, 4) is 11.5 Å². The Labute approximate surface area is 204 Å². The largest absolute Gasteiger partial charge is 0.493 e. The maximum atomic E-state index is 13.1. The van der Waals surface area contributed by atoms with Crippen LogP contribution < -0.4 is 9.47 Å². The van der Waals surface area contributed by atoms with E-state index in [-0.39, 0.29) is 4.91 Å². The number of carbonyl (C=O) groups excluding carboxylic acids is 1. The number of benzene rings is 1. The Kier molecular flexibility index (Phi) is 7.52. The quantitative estimate of drug-likeness (QED) is 0.379. The molecule has 1 aliphatic heterocycles. The Morgan fingerprint density at radius 2 is 1.85 bits per heavy atom. The van der Waals surface area contributed by atoms with Crippen molar-refractivity contribution in [3.05, 3.63) is 39.8 Å². The van der Waals surface area contributed by atoms with E-state index in [1.54, 1.807) is 27.0 Å². The van der Waals surface area contributed by atoms with Crippen molar-refractivity contribution in [3.63, 3.8) is 0 Å². The number of aliphatic carboxylic acids is 1. The van der Waals surface area contributed by atoms with Crippen molar-refractivity contribution in [2.24, 2.45) is 5.92 Å². The molecule has 1 aliphatic carbocycles.